The number of non-ortho nitro benzene ring substituents is 1. The van der Waals surface area contributed by atoms with Crippen LogP contribution in [0.1, 0.15) is 16.1 Å². The Balaban J connectivity index is 1.51. The number of pyridine rings is 1. The van der Waals surface area contributed by atoms with Crippen LogP contribution in [0.4, 0.5) is 11.4 Å². The second-order valence-corrected chi connectivity index (χ2v) is 6.80. The third-order valence-electron chi connectivity index (χ3n) is 4.40. The summed E-state index contributed by atoms with van der Waals surface area (Å²) in [6.07, 6.45) is 3.19. The first kappa shape index (κ1) is 20.6. The van der Waals surface area contributed by atoms with Gasteiger partial charge in [0.1, 0.15) is 5.75 Å². The van der Waals surface area contributed by atoms with Gasteiger partial charge >= 0.3 is 0 Å². The summed E-state index contributed by atoms with van der Waals surface area (Å²) in [4.78, 5) is 35.6. The predicted octanol–water partition coefficient (Wildman–Crippen LogP) is 4.80. The molecule has 0 aliphatic heterocycles. The average Bonchev–Trinajstić information content (AvgIpc) is 2.80. The molecule has 9 heteroatoms. The van der Waals surface area contributed by atoms with E-state index in [1.54, 1.807) is 73.9 Å². The van der Waals surface area contributed by atoms with Gasteiger partial charge in [-0.3, -0.25) is 19.9 Å². The Morgan fingerprint density at radius 3 is 2.56 bits per heavy atom. The molecule has 1 amide bonds. The number of rotatable bonds is 6. The second kappa shape index (κ2) is 9.00. The highest BCUT2D eigenvalue weighted by Gasteiger charge is 2.12. The van der Waals surface area contributed by atoms with Crippen molar-refractivity contribution in [3.63, 3.8) is 0 Å². The van der Waals surface area contributed by atoms with E-state index < -0.39 is 4.92 Å². The van der Waals surface area contributed by atoms with Gasteiger partial charge in [-0.15, -0.1) is 0 Å². The molecule has 0 bridgehead atoms. The van der Waals surface area contributed by atoms with Crippen molar-refractivity contribution in [1.82, 2.24) is 15.0 Å². The summed E-state index contributed by atoms with van der Waals surface area (Å²) in [7, 11) is 0. The number of nitro groups is 1. The fourth-order valence-corrected chi connectivity index (χ4v) is 2.91. The number of nitro benzene ring substituents is 1. The standard InChI is InChI=1S/C23H17N5O4/c1-15-12-21(27-22(25-15)17-4-2-6-19(13-17)28(30)31)32-20-9-7-16(8-10-20)23(29)26-18-5-3-11-24-14-18/h2-14H,1H3,(H,26,29). The predicted molar refractivity (Wildman–Crippen MR) is 118 cm³/mol. The summed E-state index contributed by atoms with van der Waals surface area (Å²) in [6, 6.07) is 17.8. The van der Waals surface area contributed by atoms with E-state index in [4.69, 9.17) is 4.74 Å². The van der Waals surface area contributed by atoms with Crippen LogP contribution in [0.3, 0.4) is 0 Å². The number of aryl methyl sites for hydroxylation is 1. The highest BCUT2D eigenvalue weighted by Crippen LogP contribution is 2.26. The van der Waals surface area contributed by atoms with Crippen LogP contribution in [0.15, 0.2) is 79.1 Å². The lowest BCUT2D eigenvalue weighted by molar-refractivity contribution is -0.384. The van der Waals surface area contributed by atoms with Crippen LogP contribution in [0.2, 0.25) is 0 Å². The molecule has 4 aromatic rings. The first-order valence-electron chi connectivity index (χ1n) is 9.58. The van der Waals surface area contributed by atoms with Gasteiger partial charge < -0.3 is 10.1 Å². The maximum absolute atomic E-state index is 12.4. The number of nitrogens with one attached hydrogen (secondary N) is 1. The second-order valence-electron chi connectivity index (χ2n) is 6.80. The number of nitrogens with zero attached hydrogens (tertiary/aromatic N) is 4. The Kier molecular flexibility index (Phi) is 5.80. The Morgan fingerprint density at radius 1 is 1.03 bits per heavy atom. The smallest absolute Gasteiger partial charge is 0.270 e. The van der Waals surface area contributed by atoms with Crippen molar-refractivity contribution in [3.05, 3.63) is 100 Å². The molecule has 0 saturated heterocycles. The quantitative estimate of drug-likeness (QED) is 0.347. The zero-order chi connectivity index (χ0) is 22.5. The van der Waals surface area contributed by atoms with Crippen LogP contribution in [0.25, 0.3) is 11.4 Å². The van der Waals surface area contributed by atoms with E-state index in [9.17, 15) is 14.9 Å². The molecular formula is C23H17N5O4. The third-order valence-corrected chi connectivity index (χ3v) is 4.40. The minimum Gasteiger partial charge on any atom is -0.439 e. The van der Waals surface area contributed by atoms with E-state index in [1.165, 1.54) is 12.1 Å². The van der Waals surface area contributed by atoms with Gasteiger partial charge in [0.2, 0.25) is 5.88 Å². The van der Waals surface area contributed by atoms with Gasteiger partial charge in [0, 0.05) is 41.2 Å². The van der Waals surface area contributed by atoms with Crippen molar-refractivity contribution >= 4 is 17.3 Å². The number of carbonyl (C=O) groups excluding carboxylic acids is 1. The van der Waals surface area contributed by atoms with Crippen molar-refractivity contribution in [2.24, 2.45) is 0 Å². The van der Waals surface area contributed by atoms with Gasteiger partial charge in [-0.2, -0.15) is 4.98 Å². The first-order chi connectivity index (χ1) is 15.5. The lowest BCUT2D eigenvalue weighted by Crippen LogP contribution is -2.11. The Bertz CT molecular complexity index is 1280. The normalized spacial score (nSPS) is 10.4. The van der Waals surface area contributed by atoms with Crippen molar-refractivity contribution in [1.29, 1.82) is 0 Å². The number of aromatic nitrogens is 3. The van der Waals surface area contributed by atoms with Gasteiger partial charge in [-0.1, -0.05) is 12.1 Å². The molecule has 0 aliphatic carbocycles. The molecule has 2 aromatic heterocycles. The van der Waals surface area contributed by atoms with Gasteiger partial charge in [0.05, 0.1) is 16.8 Å². The Hall–Kier alpha value is -4.66. The number of ether oxygens (including phenoxy) is 1. The summed E-state index contributed by atoms with van der Waals surface area (Å²) in [6.45, 7) is 1.78. The number of anilines is 1. The molecule has 2 heterocycles. The van der Waals surface area contributed by atoms with E-state index in [1.807, 2.05) is 0 Å². The molecule has 0 saturated carbocycles. The van der Waals surface area contributed by atoms with Crippen LogP contribution in [0.5, 0.6) is 11.6 Å². The molecule has 0 aliphatic rings. The highest BCUT2D eigenvalue weighted by atomic mass is 16.6. The van der Waals surface area contributed by atoms with Crippen LogP contribution in [-0.4, -0.2) is 25.8 Å². The van der Waals surface area contributed by atoms with Crippen molar-refractivity contribution in [2.75, 3.05) is 5.32 Å². The highest BCUT2D eigenvalue weighted by molar-refractivity contribution is 6.04. The molecule has 0 spiro atoms. The topological polar surface area (TPSA) is 120 Å². The molecule has 0 atom stereocenters. The fraction of sp³-hybridized carbons (Fsp3) is 0.0435. The van der Waals surface area contributed by atoms with Crippen LogP contribution >= 0.6 is 0 Å². The first-order valence-corrected chi connectivity index (χ1v) is 9.58. The number of amides is 1. The Morgan fingerprint density at radius 2 is 1.84 bits per heavy atom. The lowest BCUT2D eigenvalue weighted by atomic mass is 10.2. The van der Waals surface area contributed by atoms with Gasteiger partial charge in [-0.25, -0.2) is 4.98 Å². The van der Waals surface area contributed by atoms with E-state index in [0.29, 0.717) is 34.1 Å². The monoisotopic (exact) mass is 427 g/mol. The summed E-state index contributed by atoms with van der Waals surface area (Å²) in [5, 5.41) is 13.8. The van der Waals surface area contributed by atoms with Crippen LogP contribution in [0, 0.1) is 17.0 Å². The molecule has 9 nitrogen and oxygen atoms in total. The molecule has 2 aromatic carbocycles. The summed E-state index contributed by atoms with van der Waals surface area (Å²) < 4.78 is 5.83. The number of hydrogen-bond donors (Lipinski definition) is 1. The number of benzene rings is 2. The molecule has 4 rings (SSSR count). The number of hydrogen-bond acceptors (Lipinski definition) is 7. The molecule has 0 unspecified atom stereocenters. The zero-order valence-electron chi connectivity index (χ0n) is 16.9. The van der Waals surface area contributed by atoms with Crippen LogP contribution < -0.4 is 10.1 Å². The minimum atomic E-state index is -0.470. The molecule has 0 fully saturated rings. The third kappa shape index (κ3) is 4.90. The SMILES string of the molecule is Cc1cc(Oc2ccc(C(=O)Nc3cccnc3)cc2)nc(-c2cccc([N+](=O)[O-])c2)n1. The molecule has 0 radical (unpaired) electrons. The molecular weight excluding hydrogens is 410 g/mol. The summed E-state index contributed by atoms with van der Waals surface area (Å²) >= 11 is 0. The maximum Gasteiger partial charge on any atom is 0.270 e. The summed E-state index contributed by atoms with van der Waals surface area (Å²) in [5.41, 5.74) is 2.16. The largest absolute Gasteiger partial charge is 0.439 e. The molecule has 32 heavy (non-hydrogen) atoms. The fourth-order valence-electron chi connectivity index (χ4n) is 2.91. The van der Waals surface area contributed by atoms with Gasteiger partial charge in [-0.05, 0) is 43.3 Å². The lowest BCUT2D eigenvalue weighted by Gasteiger charge is -2.09. The molecule has 1 N–H and O–H groups in total. The molecule has 158 valence electrons. The minimum absolute atomic E-state index is 0.0461. The number of carbonyl (C=O) groups is 1. The summed E-state index contributed by atoms with van der Waals surface area (Å²) in [5.74, 6) is 0.809. The van der Waals surface area contributed by atoms with E-state index in [-0.39, 0.29) is 17.5 Å². The van der Waals surface area contributed by atoms with Crippen LogP contribution in [-0.2, 0) is 0 Å². The Labute approximate surface area is 182 Å². The van der Waals surface area contributed by atoms with E-state index in [0.717, 1.165) is 0 Å². The van der Waals surface area contributed by atoms with E-state index >= 15 is 0 Å². The zero-order valence-corrected chi connectivity index (χ0v) is 16.9. The van der Waals surface area contributed by atoms with Gasteiger partial charge in [0.15, 0.2) is 5.82 Å². The van der Waals surface area contributed by atoms with Crippen molar-refractivity contribution in [3.8, 4) is 23.0 Å². The van der Waals surface area contributed by atoms with Crippen molar-refractivity contribution < 1.29 is 14.5 Å². The van der Waals surface area contributed by atoms with E-state index in [2.05, 4.69) is 20.3 Å². The average molecular weight is 427 g/mol. The van der Waals surface area contributed by atoms with Crippen molar-refractivity contribution in [2.45, 2.75) is 6.92 Å². The van der Waals surface area contributed by atoms with Gasteiger partial charge in [0.25, 0.3) is 11.6 Å². The maximum atomic E-state index is 12.4.